The molecule has 0 aliphatic carbocycles. The molecule has 0 bridgehead atoms. The Hall–Kier alpha value is -1.82. The zero-order valence-corrected chi connectivity index (χ0v) is 11.4. The van der Waals surface area contributed by atoms with Gasteiger partial charge in [-0.3, -0.25) is 5.32 Å². The van der Waals surface area contributed by atoms with Gasteiger partial charge < -0.3 is 14.5 Å². The number of pyridine rings is 1. The lowest BCUT2D eigenvalue weighted by Gasteiger charge is -2.34. The summed E-state index contributed by atoms with van der Waals surface area (Å²) in [6.45, 7) is 7.40. The van der Waals surface area contributed by atoms with Gasteiger partial charge in [0.15, 0.2) is 0 Å². The van der Waals surface area contributed by atoms with Gasteiger partial charge in [0.25, 0.3) is 0 Å². The number of nitrogens with zero attached hydrogens (tertiary/aromatic N) is 3. The molecule has 1 amide bonds. The Labute approximate surface area is 113 Å². The minimum Gasteiger partial charge on any atom is -0.453 e. The zero-order chi connectivity index (χ0) is 13.7. The van der Waals surface area contributed by atoms with Gasteiger partial charge in [0.2, 0.25) is 0 Å². The van der Waals surface area contributed by atoms with Crippen molar-refractivity contribution >= 4 is 17.6 Å². The lowest BCUT2D eigenvalue weighted by Crippen LogP contribution is -2.46. The topological polar surface area (TPSA) is 57.7 Å². The van der Waals surface area contributed by atoms with Gasteiger partial charge in [0, 0.05) is 26.2 Å². The summed E-state index contributed by atoms with van der Waals surface area (Å²) >= 11 is 0. The number of amides is 1. The lowest BCUT2D eigenvalue weighted by molar-refractivity contribution is 0.187. The van der Waals surface area contributed by atoms with Gasteiger partial charge in [-0.25, -0.2) is 9.78 Å². The number of carbonyl (C=O) groups is 1. The van der Waals surface area contributed by atoms with E-state index in [4.69, 9.17) is 0 Å². The van der Waals surface area contributed by atoms with Crippen LogP contribution >= 0.6 is 0 Å². The Morgan fingerprint density at radius 1 is 1.37 bits per heavy atom. The second-order valence-corrected chi connectivity index (χ2v) is 4.44. The quantitative estimate of drug-likeness (QED) is 0.894. The van der Waals surface area contributed by atoms with Crippen LogP contribution in [-0.4, -0.2) is 55.8 Å². The van der Waals surface area contributed by atoms with E-state index >= 15 is 0 Å². The third-order valence-corrected chi connectivity index (χ3v) is 3.32. The highest BCUT2D eigenvalue weighted by Crippen LogP contribution is 2.16. The van der Waals surface area contributed by atoms with Crippen molar-refractivity contribution < 1.29 is 9.53 Å². The molecule has 2 heterocycles. The number of piperazine rings is 1. The molecule has 1 fully saturated rings. The van der Waals surface area contributed by atoms with E-state index in [1.807, 2.05) is 12.1 Å². The molecule has 0 saturated carbocycles. The van der Waals surface area contributed by atoms with Crippen LogP contribution in [0.5, 0.6) is 0 Å². The fourth-order valence-corrected chi connectivity index (χ4v) is 2.11. The molecule has 19 heavy (non-hydrogen) atoms. The van der Waals surface area contributed by atoms with Crippen LogP contribution in [0.3, 0.4) is 0 Å². The predicted molar refractivity (Wildman–Crippen MR) is 74.6 cm³/mol. The summed E-state index contributed by atoms with van der Waals surface area (Å²) in [5.74, 6) is 0.950. The number of nitrogens with one attached hydrogen (secondary N) is 1. The first kappa shape index (κ1) is 13.6. The minimum atomic E-state index is -0.480. The average molecular weight is 264 g/mol. The second kappa shape index (κ2) is 6.38. The average Bonchev–Trinajstić information content (AvgIpc) is 2.48. The molecule has 0 unspecified atom stereocenters. The maximum Gasteiger partial charge on any atom is 0.411 e. The Balaban J connectivity index is 1.93. The highest BCUT2D eigenvalue weighted by molar-refractivity contribution is 5.84. The van der Waals surface area contributed by atoms with E-state index in [0.717, 1.165) is 38.5 Å². The molecule has 6 nitrogen and oxygen atoms in total. The Bertz CT molecular complexity index is 413. The fraction of sp³-hybridized carbons (Fsp3) is 0.538. The molecule has 104 valence electrons. The molecule has 1 aliphatic rings. The normalized spacial score (nSPS) is 16.2. The van der Waals surface area contributed by atoms with Gasteiger partial charge >= 0.3 is 6.09 Å². The molecule has 0 atom stereocenters. The van der Waals surface area contributed by atoms with Gasteiger partial charge in [-0.1, -0.05) is 6.92 Å². The van der Waals surface area contributed by atoms with Crippen molar-refractivity contribution in [2.45, 2.75) is 6.92 Å². The van der Waals surface area contributed by atoms with Crippen molar-refractivity contribution in [3.63, 3.8) is 0 Å². The highest BCUT2D eigenvalue weighted by atomic mass is 16.5. The molecular weight excluding hydrogens is 244 g/mol. The van der Waals surface area contributed by atoms with E-state index < -0.39 is 6.09 Å². The largest absolute Gasteiger partial charge is 0.453 e. The van der Waals surface area contributed by atoms with E-state index in [9.17, 15) is 4.79 Å². The Morgan fingerprint density at radius 3 is 2.63 bits per heavy atom. The van der Waals surface area contributed by atoms with Gasteiger partial charge in [0.05, 0.1) is 19.0 Å². The second-order valence-electron chi connectivity index (χ2n) is 4.44. The summed E-state index contributed by atoms with van der Waals surface area (Å²) < 4.78 is 4.53. The molecule has 1 aromatic rings. The van der Waals surface area contributed by atoms with E-state index in [-0.39, 0.29) is 0 Å². The van der Waals surface area contributed by atoms with E-state index in [1.54, 1.807) is 6.20 Å². The molecule has 1 N–H and O–H groups in total. The molecule has 1 aliphatic heterocycles. The molecular formula is C13H20N4O2. The summed E-state index contributed by atoms with van der Waals surface area (Å²) in [7, 11) is 1.34. The Morgan fingerprint density at radius 2 is 2.11 bits per heavy atom. The number of hydrogen-bond donors (Lipinski definition) is 1. The van der Waals surface area contributed by atoms with Gasteiger partial charge in [-0.05, 0) is 18.7 Å². The van der Waals surface area contributed by atoms with Crippen LogP contribution in [0.4, 0.5) is 16.3 Å². The van der Waals surface area contributed by atoms with Gasteiger partial charge in [-0.2, -0.15) is 0 Å². The van der Waals surface area contributed by atoms with Crippen LogP contribution in [0.1, 0.15) is 6.92 Å². The number of ether oxygens (including phenoxy) is 1. The lowest BCUT2D eigenvalue weighted by atomic mass is 10.3. The number of rotatable bonds is 3. The monoisotopic (exact) mass is 264 g/mol. The SMILES string of the molecule is CCN1CCN(c2ccc(NC(=O)OC)cn2)CC1. The van der Waals surface area contributed by atoms with Gasteiger partial charge in [-0.15, -0.1) is 0 Å². The number of methoxy groups -OCH3 is 1. The number of hydrogen-bond acceptors (Lipinski definition) is 5. The first-order chi connectivity index (χ1) is 9.22. The van der Waals surface area contributed by atoms with Crippen molar-refractivity contribution in [1.82, 2.24) is 9.88 Å². The van der Waals surface area contributed by atoms with Crippen molar-refractivity contribution in [3.8, 4) is 0 Å². The molecule has 2 rings (SSSR count). The van der Waals surface area contributed by atoms with Crippen LogP contribution in [-0.2, 0) is 4.74 Å². The molecule has 0 aromatic carbocycles. The molecule has 6 heteroatoms. The number of aromatic nitrogens is 1. The van der Waals surface area contributed by atoms with Crippen LogP contribution in [0.25, 0.3) is 0 Å². The number of likely N-dealkylation sites (N-methyl/N-ethyl adjacent to an activating group) is 1. The zero-order valence-electron chi connectivity index (χ0n) is 11.4. The standard InChI is InChI=1S/C13H20N4O2/c1-3-16-6-8-17(9-7-16)12-5-4-11(10-14-12)15-13(18)19-2/h4-5,10H,3,6-9H2,1-2H3,(H,15,18). The van der Waals surface area contributed by atoms with Crippen LogP contribution in [0, 0.1) is 0 Å². The summed E-state index contributed by atoms with van der Waals surface area (Å²) in [6, 6.07) is 3.76. The first-order valence-corrected chi connectivity index (χ1v) is 6.51. The van der Waals surface area contributed by atoms with Crippen LogP contribution < -0.4 is 10.2 Å². The number of carbonyl (C=O) groups excluding carboxylic acids is 1. The summed E-state index contributed by atoms with van der Waals surface area (Å²) in [6.07, 6.45) is 1.17. The third-order valence-electron chi connectivity index (χ3n) is 3.32. The first-order valence-electron chi connectivity index (χ1n) is 6.51. The molecule has 1 saturated heterocycles. The van der Waals surface area contributed by atoms with Crippen molar-refractivity contribution in [2.24, 2.45) is 0 Å². The molecule has 0 spiro atoms. The summed E-state index contributed by atoms with van der Waals surface area (Å²) in [5, 5.41) is 2.59. The van der Waals surface area contributed by atoms with E-state index in [2.05, 4.69) is 31.8 Å². The number of anilines is 2. The smallest absolute Gasteiger partial charge is 0.411 e. The van der Waals surface area contributed by atoms with E-state index in [1.165, 1.54) is 7.11 Å². The van der Waals surface area contributed by atoms with Crippen molar-refractivity contribution in [3.05, 3.63) is 18.3 Å². The van der Waals surface area contributed by atoms with Crippen LogP contribution in [0.15, 0.2) is 18.3 Å². The molecule has 0 radical (unpaired) electrons. The summed E-state index contributed by atoms with van der Waals surface area (Å²) in [4.78, 5) is 20.1. The minimum absolute atomic E-state index is 0.480. The molecule has 1 aromatic heterocycles. The van der Waals surface area contributed by atoms with Crippen molar-refractivity contribution in [2.75, 3.05) is 50.1 Å². The third kappa shape index (κ3) is 3.57. The summed E-state index contributed by atoms with van der Waals surface area (Å²) in [5.41, 5.74) is 0.641. The maximum atomic E-state index is 11.1. The van der Waals surface area contributed by atoms with Crippen molar-refractivity contribution in [1.29, 1.82) is 0 Å². The Kier molecular flexibility index (Phi) is 4.57. The maximum absolute atomic E-state index is 11.1. The van der Waals surface area contributed by atoms with Gasteiger partial charge in [0.1, 0.15) is 5.82 Å². The fourth-order valence-electron chi connectivity index (χ4n) is 2.11. The van der Waals surface area contributed by atoms with Crippen LogP contribution in [0.2, 0.25) is 0 Å². The predicted octanol–water partition coefficient (Wildman–Crippen LogP) is 1.40. The highest BCUT2D eigenvalue weighted by Gasteiger charge is 2.16. The van der Waals surface area contributed by atoms with E-state index in [0.29, 0.717) is 5.69 Å².